The van der Waals surface area contributed by atoms with Gasteiger partial charge in [0.2, 0.25) is 0 Å². The summed E-state index contributed by atoms with van der Waals surface area (Å²) in [4.78, 5) is 21.0. The fraction of sp³-hybridized carbons (Fsp3) is 0.238. The van der Waals surface area contributed by atoms with Crippen molar-refractivity contribution in [2.75, 3.05) is 0 Å². The summed E-state index contributed by atoms with van der Waals surface area (Å²) in [5.74, 6) is 0.894. The van der Waals surface area contributed by atoms with Crippen LogP contribution in [0.4, 0.5) is 0 Å². The van der Waals surface area contributed by atoms with Gasteiger partial charge in [-0.1, -0.05) is 44.2 Å². The molecule has 0 saturated carbocycles. The van der Waals surface area contributed by atoms with Crippen molar-refractivity contribution < 1.29 is 4.79 Å². The minimum atomic E-state index is -0.187. The summed E-state index contributed by atoms with van der Waals surface area (Å²) in [6.07, 6.45) is 0. The third kappa shape index (κ3) is 2.75. The van der Waals surface area contributed by atoms with Gasteiger partial charge in [0.15, 0.2) is 0 Å². The van der Waals surface area contributed by atoms with Crippen LogP contribution in [-0.4, -0.2) is 20.4 Å². The fourth-order valence-corrected chi connectivity index (χ4v) is 3.39. The zero-order valence-electron chi connectivity index (χ0n) is 15.2. The van der Waals surface area contributed by atoms with E-state index in [1.54, 1.807) is 0 Å². The van der Waals surface area contributed by atoms with Crippen LogP contribution >= 0.6 is 0 Å². The molecular weight excluding hydrogens is 324 g/mol. The molecule has 0 aliphatic rings. The third-order valence-electron chi connectivity index (χ3n) is 4.84. The molecular formula is C21H22N4O. The molecule has 0 fully saturated rings. The van der Waals surface area contributed by atoms with Crippen molar-refractivity contribution in [2.24, 2.45) is 13.0 Å². The van der Waals surface area contributed by atoms with Crippen LogP contribution in [0.1, 0.15) is 36.2 Å². The lowest BCUT2D eigenvalue weighted by Crippen LogP contribution is -2.33. The van der Waals surface area contributed by atoms with Gasteiger partial charge in [-0.15, -0.1) is 0 Å². The summed E-state index contributed by atoms with van der Waals surface area (Å²) in [7, 11) is 1.92. The van der Waals surface area contributed by atoms with Crippen LogP contribution in [0.25, 0.3) is 21.9 Å². The molecule has 1 amide bonds. The number of benzene rings is 2. The maximum atomic E-state index is 13.0. The Morgan fingerprint density at radius 2 is 1.85 bits per heavy atom. The molecule has 5 nitrogen and oxygen atoms in total. The van der Waals surface area contributed by atoms with Crippen molar-refractivity contribution in [2.45, 2.75) is 19.9 Å². The first kappa shape index (κ1) is 16.4. The average Bonchev–Trinajstić information content (AvgIpc) is 3.21. The van der Waals surface area contributed by atoms with E-state index in [4.69, 9.17) is 0 Å². The summed E-state index contributed by atoms with van der Waals surface area (Å²) in [6, 6.07) is 17.6. The molecule has 1 atom stereocenters. The van der Waals surface area contributed by atoms with Crippen molar-refractivity contribution in [1.82, 2.24) is 19.9 Å². The van der Waals surface area contributed by atoms with Gasteiger partial charge < -0.3 is 14.9 Å². The Kier molecular flexibility index (Phi) is 3.99. The average molecular weight is 346 g/mol. The molecule has 0 unspecified atom stereocenters. The number of nitrogens with one attached hydrogen (secondary N) is 2. The highest BCUT2D eigenvalue weighted by Crippen LogP contribution is 2.24. The second kappa shape index (κ2) is 6.33. The minimum absolute atomic E-state index is 0.0946. The smallest absolute Gasteiger partial charge is 0.268 e. The summed E-state index contributed by atoms with van der Waals surface area (Å²) in [6.45, 7) is 4.17. The van der Waals surface area contributed by atoms with E-state index < -0.39 is 0 Å². The van der Waals surface area contributed by atoms with Gasteiger partial charge in [-0.3, -0.25) is 4.79 Å². The second-order valence-corrected chi connectivity index (χ2v) is 6.98. The number of carbonyl (C=O) groups is 1. The van der Waals surface area contributed by atoms with E-state index in [2.05, 4.69) is 29.1 Å². The fourth-order valence-electron chi connectivity index (χ4n) is 3.39. The Balaban J connectivity index is 1.67. The van der Waals surface area contributed by atoms with Crippen LogP contribution in [0.5, 0.6) is 0 Å². The largest absolute Gasteiger partial charge is 0.341 e. The first-order chi connectivity index (χ1) is 12.5. The highest BCUT2D eigenvalue weighted by molar-refractivity contribution is 5.98. The lowest BCUT2D eigenvalue weighted by molar-refractivity contribution is 0.0915. The standard InChI is InChI=1S/C21H22N4O/c1-13(2)19(20-22-15-9-5-6-10-16(15)23-20)24-21(26)18-12-14-8-4-7-11-17(14)25(18)3/h4-13,19H,1-3H3,(H,22,23)(H,24,26)/t19-/m1/s1. The highest BCUT2D eigenvalue weighted by Gasteiger charge is 2.24. The molecule has 2 heterocycles. The molecule has 2 N–H and O–H groups in total. The summed E-state index contributed by atoms with van der Waals surface area (Å²) >= 11 is 0. The first-order valence-electron chi connectivity index (χ1n) is 8.84. The lowest BCUT2D eigenvalue weighted by atomic mass is 10.0. The van der Waals surface area contributed by atoms with E-state index in [9.17, 15) is 4.79 Å². The number of aryl methyl sites for hydroxylation is 1. The van der Waals surface area contributed by atoms with E-state index in [1.165, 1.54) is 0 Å². The number of para-hydroxylation sites is 3. The van der Waals surface area contributed by atoms with Gasteiger partial charge in [0, 0.05) is 18.0 Å². The number of aromatic amines is 1. The molecule has 0 radical (unpaired) electrons. The zero-order valence-corrected chi connectivity index (χ0v) is 15.2. The van der Waals surface area contributed by atoms with Crippen molar-refractivity contribution >= 4 is 27.8 Å². The van der Waals surface area contributed by atoms with Crippen molar-refractivity contribution in [3.05, 3.63) is 66.1 Å². The van der Waals surface area contributed by atoms with E-state index in [-0.39, 0.29) is 17.9 Å². The monoisotopic (exact) mass is 346 g/mol. The van der Waals surface area contributed by atoms with Gasteiger partial charge in [0.25, 0.3) is 5.91 Å². The molecule has 4 rings (SSSR count). The normalized spacial score (nSPS) is 12.8. The van der Waals surface area contributed by atoms with E-state index in [1.807, 2.05) is 66.2 Å². The van der Waals surface area contributed by atoms with Crippen LogP contribution in [-0.2, 0) is 7.05 Å². The van der Waals surface area contributed by atoms with E-state index >= 15 is 0 Å². The summed E-state index contributed by atoms with van der Waals surface area (Å²) in [5.41, 5.74) is 3.58. The number of H-pyrrole nitrogens is 1. The predicted octanol–water partition coefficient (Wildman–Crippen LogP) is 4.18. The molecule has 0 aliphatic carbocycles. The molecule has 4 aromatic rings. The number of fused-ring (bicyclic) bond motifs is 2. The SMILES string of the molecule is CC(C)[C@@H](NC(=O)c1cc2ccccc2n1C)c1nc2ccccc2[nH]1. The van der Waals surface area contributed by atoms with E-state index in [0.29, 0.717) is 5.69 Å². The minimum Gasteiger partial charge on any atom is -0.341 e. The number of nitrogens with zero attached hydrogens (tertiary/aromatic N) is 2. The highest BCUT2D eigenvalue weighted by atomic mass is 16.2. The van der Waals surface area contributed by atoms with Gasteiger partial charge >= 0.3 is 0 Å². The van der Waals surface area contributed by atoms with Crippen molar-refractivity contribution in [3.63, 3.8) is 0 Å². The van der Waals surface area contributed by atoms with Crippen LogP contribution < -0.4 is 5.32 Å². The predicted molar refractivity (Wildman–Crippen MR) is 104 cm³/mol. The second-order valence-electron chi connectivity index (χ2n) is 6.98. The Morgan fingerprint density at radius 1 is 1.12 bits per heavy atom. The van der Waals surface area contributed by atoms with Gasteiger partial charge in [-0.25, -0.2) is 4.98 Å². The van der Waals surface area contributed by atoms with Gasteiger partial charge in [-0.05, 0) is 30.2 Å². The maximum absolute atomic E-state index is 13.0. The number of aromatic nitrogens is 3. The summed E-state index contributed by atoms with van der Waals surface area (Å²) < 4.78 is 1.93. The van der Waals surface area contributed by atoms with Crippen molar-refractivity contribution in [1.29, 1.82) is 0 Å². The molecule has 0 saturated heterocycles. The Bertz CT molecular complexity index is 1060. The number of amides is 1. The first-order valence-corrected chi connectivity index (χ1v) is 8.84. The van der Waals surface area contributed by atoms with Crippen molar-refractivity contribution in [3.8, 4) is 0 Å². The molecule has 0 spiro atoms. The molecule has 0 bridgehead atoms. The van der Waals surface area contributed by atoms with E-state index in [0.717, 1.165) is 27.8 Å². The quantitative estimate of drug-likeness (QED) is 0.582. The Hall–Kier alpha value is -3.08. The summed E-state index contributed by atoms with van der Waals surface area (Å²) in [5, 5.41) is 4.22. The van der Waals surface area contributed by atoms with Crippen LogP contribution in [0, 0.1) is 5.92 Å². The van der Waals surface area contributed by atoms with Crippen LogP contribution in [0.3, 0.4) is 0 Å². The molecule has 26 heavy (non-hydrogen) atoms. The lowest BCUT2D eigenvalue weighted by Gasteiger charge is -2.20. The Morgan fingerprint density at radius 3 is 2.58 bits per heavy atom. The number of hydrogen-bond donors (Lipinski definition) is 2. The van der Waals surface area contributed by atoms with Gasteiger partial charge in [0.05, 0.1) is 17.1 Å². The topological polar surface area (TPSA) is 62.7 Å². The van der Waals surface area contributed by atoms with Gasteiger partial charge in [-0.2, -0.15) is 0 Å². The zero-order chi connectivity index (χ0) is 18.3. The molecule has 0 aliphatic heterocycles. The maximum Gasteiger partial charge on any atom is 0.268 e. The molecule has 2 aromatic carbocycles. The number of rotatable bonds is 4. The molecule has 5 heteroatoms. The van der Waals surface area contributed by atoms with Crippen LogP contribution in [0.2, 0.25) is 0 Å². The third-order valence-corrected chi connectivity index (χ3v) is 4.84. The number of hydrogen-bond acceptors (Lipinski definition) is 2. The number of carbonyl (C=O) groups excluding carboxylic acids is 1. The molecule has 2 aromatic heterocycles. The van der Waals surface area contributed by atoms with Gasteiger partial charge in [0.1, 0.15) is 11.5 Å². The number of imidazole rings is 1. The van der Waals surface area contributed by atoms with Crippen LogP contribution in [0.15, 0.2) is 54.6 Å². The molecule has 132 valence electrons. The Labute approximate surface area is 152 Å².